The van der Waals surface area contributed by atoms with Crippen molar-refractivity contribution in [1.29, 1.82) is 0 Å². The van der Waals surface area contributed by atoms with Crippen molar-refractivity contribution in [3.8, 4) is 0 Å². The summed E-state index contributed by atoms with van der Waals surface area (Å²) in [7, 11) is 0. The molecule has 0 aromatic heterocycles. The van der Waals surface area contributed by atoms with Crippen LogP contribution < -0.4 is 0 Å². The second-order valence-electron chi connectivity index (χ2n) is 5.70. The van der Waals surface area contributed by atoms with Crippen LogP contribution in [0.3, 0.4) is 0 Å². The van der Waals surface area contributed by atoms with Crippen LogP contribution in [0.25, 0.3) is 21.5 Å². The first kappa shape index (κ1) is 14.3. The largest absolute Gasteiger partial charge is 0.0616 e. The molecule has 108 valence electrons. The third kappa shape index (κ3) is 3.35. The van der Waals surface area contributed by atoms with Gasteiger partial charge in [0, 0.05) is 0 Å². The van der Waals surface area contributed by atoms with Crippen molar-refractivity contribution < 1.29 is 0 Å². The lowest BCUT2D eigenvalue weighted by Gasteiger charge is -2.00. The van der Waals surface area contributed by atoms with Crippen molar-refractivity contribution >= 4 is 21.5 Å². The van der Waals surface area contributed by atoms with Gasteiger partial charge < -0.3 is 0 Å². The predicted octanol–water partition coefficient (Wildman–Crippen LogP) is 6.30. The molecule has 0 aliphatic carbocycles. The first-order chi connectivity index (χ1) is 10.7. The summed E-state index contributed by atoms with van der Waals surface area (Å²) in [6.45, 7) is 4.19. The monoisotopic (exact) mass is 284 g/mol. The first-order valence-corrected chi connectivity index (χ1v) is 7.63. The molecule has 0 bridgehead atoms. The summed E-state index contributed by atoms with van der Waals surface area (Å²) in [5.74, 6) is 0. The molecule has 0 amide bonds. The predicted molar refractivity (Wildman–Crippen MR) is 97.4 cm³/mol. The molecule has 0 spiro atoms. The lowest BCUT2D eigenvalue weighted by atomic mass is 10.0. The van der Waals surface area contributed by atoms with E-state index in [1.54, 1.807) is 0 Å². The SMILES string of the molecule is Cc1ccc(C)cc1.c1ccc2cc3ccccc3cc2c1. The standard InChI is InChI=1S/C14H10.C8H10/c1-2-6-12-10-14-8-4-3-7-13(14)9-11(12)5-1;1-7-3-5-8(2)6-4-7/h1-10H;3-6H,1-2H3. The summed E-state index contributed by atoms with van der Waals surface area (Å²) in [5.41, 5.74) is 2.66. The molecule has 4 aromatic rings. The summed E-state index contributed by atoms with van der Waals surface area (Å²) in [6.07, 6.45) is 0. The van der Waals surface area contributed by atoms with Crippen molar-refractivity contribution in [3.05, 3.63) is 96.1 Å². The van der Waals surface area contributed by atoms with E-state index in [1.807, 2.05) is 0 Å². The second kappa shape index (κ2) is 6.44. The van der Waals surface area contributed by atoms with Crippen LogP contribution in [0.15, 0.2) is 84.9 Å². The Kier molecular flexibility index (Phi) is 4.20. The smallest absolute Gasteiger partial charge is 0.0178 e. The molecular formula is C22H20. The highest BCUT2D eigenvalue weighted by Gasteiger charge is 1.95. The Bertz CT molecular complexity index is 760. The van der Waals surface area contributed by atoms with E-state index in [0.29, 0.717) is 0 Å². The molecule has 0 saturated heterocycles. The lowest BCUT2D eigenvalue weighted by Crippen LogP contribution is -1.74. The molecule has 0 heteroatoms. The molecule has 0 unspecified atom stereocenters. The van der Waals surface area contributed by atoms with Crippen LogP contribution in [0.2, 0.25) is 0 Å². The van der Waals surface area contributed by atoms with Crippen LogP contribution in [-0.4, -0.2) is 0 Å². The third-order valence-electron chi connectivity index (χ3n) is 3.83. The number of fused-ring (bicyclic) bond motifs is 2. The molecule has 4 aromatic carbocycles. The highest BCUT2D eigenvalue weighted by Crippen LogP contribution is 2.21. The molecule has 0 N–H and O–H groups in total. The minimum absolute atomic E-state index is 1.31. The first-order valence-electron chi connectivity index (χ1n) is 7.63. The zero-order valence-electron chi connectivity index (χ0n) is 13.1. The molecule has 0 radical (unpaired) electrons. The fraction of sp³-hybridized carbons (Fsp3) is 0.0909. The normalized spacial score (nSPS) is 10.3. The van der Waals surface area contributed by atoms with Gasteiger partial charge in [-0.25, -0.2) is 0 Å². The van der Waals surface area contributed by atoms with Gasteiger partial charge >= 0.3 is 0 Å². The Morgan fingerprint density at radius 1 is 0.409 bits per heavy atom. The molecule has 0 aliphatic rings. The second-order valence-corrected chi connectivity index (χ2v) is 5.70. The highest BCUT2D eigenvalue weighted by atomic mass is 14.0. The average molecular weight is 284 g/mol. The van der Waals surface area contributed by atoms with Crippen molar-refractivity contribution in [3.63, 3.8) is 0 Å². The number of hydrogen-bond donors (Lipinski definition) is 0. The Morgan fingerprint density at radius 2 is 0.682 bits per heavy atom. The van der Waals surface area contributed by atoms with E-state index in [4.69, 9.17) is 0 Å². The Labute approximate surface area is 132 Å². The van der Waals surface area contributed by atoms with Crippen molar-refractivity contribution in [2.75, 3.05) is 0 Å². The van der Waals surface area contributed by atoms with Gasteiger partial charge in [0.25, 0.3) is 0 Å². The molecule has 0 fully saturated rings. The van der Waals surface area contributed by atoms with Crippen LogP contribution in [0.5, 0.6) is 0 Å². The van der Waals surface area contributed by atoms with Crippen LogP contribution in [-0.2, 0) is 0 Å². The van der Waals surface area contributed by atoms with Crippen molar-refractivity contribution in [1.82, 2.24) is 0 Å². The molecular weight excluding hydrogens is 264 g/mol. The van der Waals surface area contributed by atoms with Gasteiger partial charge in [-0.1, -0.05) is 83.9 Å². The lowest BCUT2D eigenvalue weighted by molar-refractivity contribution is 1.40. The molecule has 0 heterocycles. The Morgan fingerprint density at radius 3 is 0.955 bits per heavy atom. The van der Waals surface area contributed by atoms with E-state index < -0.39 is 0 Å². The van der Waals surface area contributed by atoms with Gasteiger partial charge in [-0.3, -0.25) is 0 Å². The summed E-state index contributed by atoms with van der Waals surface area (Å²) in [6, 6.07) is 29.9. The number of aryl methyl sites for hydroxylation is 2. The maximum atomic E-state index is 2.24. The molecule has 0 nitrogen and oxygen atoms in total. The highest BCUT2D eigenvalue weighted by molar-refractivity contribution is 5.98. The van der Waals surface area contributed by atoms with Gasteiger partial charge in [-0.15, -0.1) is 0 Å². The van der Waals surface area contributed by atoms with Gasteiger partial charge in [0.2, 0.25) is 0 Å². The van der Waals surface area contributed by atoms with E-state index >= 15 is 0 Å². The Hall–Kier alpha value is -2.60. The van der Waals surface area contributed by atoms with Gasteiger partial charge in [0.05, 0.1) is 0 Å². The van der Waals surface area contributed by atoms with Crippen molar-refractivity contribution in [2.45, 2.75) is 13.8 Å². The van der Waals surface area contributed by atoms with E-state index in [0.717, 1.165) is 0 Å². The molecule has 0 saturated carbocycles. The van der Waals surface area contributed by atoms with E-state index in [2.05, 4.69) is 98.8 Å². The third-order valence-corrected chi connectivity index (χ3v) is 3.83. The fourth-order valence-corrected chi connectivity index (χ4v) is 2.52. The maximum Gasteiger partial charge on any atom is -0.0178 e. The summed E-state index contributed by atoms with van der Waals surface area (Å²) in [4.78, 5) is 0. The quantitative estimate of drug-likeness (QED) is 0.332. The van der Waals surface area contributed by atoms with E-state index in [1.165, 1.54) is 32.7 Å². The van der Waals surface area contributed by atoms with Gasteiger partial charge in [-0.05, 0) is 47.5 Å². The summed E-state index contributed by atoms with van der Waals surface area (Å²) < 4.78 is 0. The van der Waals surface area contributed by atoms with Gasteiger partial charge in [0.1, 0.15) is 0 Å². The average Bonchev–Trinajstić information content (AvgIpc) is 2.56. The molecule has 0 aliphatic heterocycles. The van der Waals surface area contributed by atoms with Gasteiger partial charge in [0.15, 0.2) is 0 Å². The van der Waals surface area contributed by atoms with Crippen LogP contribution in [0.4, 0.5) is 0 Å². The van der Waals surface area contributed by atoms with Crippen LogP contribution in [0, 0.1) is 13.8 Å². The number of hydrogen-bond acceptors (Lipinski definition) is 0. The minimum atomic E-state index is 1.31. The topological polar surface area (TPSA) is 0 Å². The Balaban J connectivity index is 0.000000154. The van der Waals surface area contributed by atoms with E-state index in [-0.39, 0.29) is 0 Å². The zero-order chi connectivity index (χ0) is 15.4. The van der Waals surface area contributed by atoms with Crippen molar-refractivity contribution in [2.24, 2.45) is 0 Å². The van der Waals surface area contributed by atoms with Gasteiger partial charge in [-0.2, -0.15) is 0 Å². The summed E-state index contributed by atoms with van der Waals surface area (Å²) in [5, 5.41) is 5.25. The zero-order valence-corrected chi connectivity index (χ0v) is 13.1. The van der Waals surface area contributed by atoms with Crippen LogP contribution >= 0.6 is 0 Å². The fourth-order valence-electron chi connectivity index (χ4n) is 2.52. The molecule has 0 atom stereocenters. The van der Waals surface area contributed by atoms with Crippen LogP contribution in [0.1, 0.15) is 11.1 Å². The minimum Gasteiger partial charge on any atom is -0.0616 e. The maximum absolute atomic E-state index is 2.24. The molecule has 4 rings (SSSR count). The molecule has 22 heavy (non-hydrogen) atoms. The van der Waals surface area contributed by atoms with E-state index in [9.17, 15) is 0 Å². The number of benzene rings is 4. The number of rotatable bonds is 0. The summed E-state index contributed by atoms with van der Waals surface area (Å²) >= 11 is 0.